The van der Waals surface area contributed by atoms with E-state index in [0.717, 1.165) is 37.6 Å². The van der Waals surface area contributed by atoms with Gasteiger partial charge in [0.15, 0.2) is 0 Å². The van der Waals surface area contributed by atoms with Gasteiger partial charge in [0.05, 0.1) is 6.26 Å². The first-order valence-electron chi connectivity index (χ1n) is 9.66. The van der Waals surface area contributed by atoms with E-state index in [-0.39, 0.29) is 17.1 Å². The summed E-state index contributed by atoms with van der Waals surface area (Å²) >= 11 is 0. The molecule has 0 saturated carbocycles. The van der Waals surface area contributed by atoms with Crippen molar-refractivity contribution in [1.29, 1.82) is 0 Å². The fourth-order valence-corrected chi connectivity index (χ4v) is 3.69. The van der Waals surface area contributed by atoms with Crippen molar-refractivity contribution in [3.63, 3.8) is 0 Å². The Morgan fingerprint density at radius 2 is 1.78 bits per heavy atom. The second-order valence-corrected chi connectivity index (χ2v) is 10.2. The van der Waals surface area contributed by atoms with Crippen LogP contribution in [0.3, 0.4) is 0 Å². The van der Waals surface area contributed by atoms with Crippen molar-refractivity contribution in [3.8, 4) is 5.75 Å². The normalized spacial score (nSPS) is 13.3. The summed E-state index contributed by atoms with van der Waals surface area (Å²) in [5.74, 6) is 0.801. The van der Waals surface area contributed by atoms with Crippen molar-refractivity contribution in [3.05, 3.63) is 29.8 Å². The second-order valence-electron chi connectivity index (χ2n) is 8.67. The Bertz CT molecular complexity index is 690. The Kier molecular flexibility index (Phi) is 8.79. The maximum absolute atomic E-state index is 12.8. The molecule has 0 spiro atoms. The first-order chi connectivity index (χ1) is 12.4. The summed E-state index contributed by atoms with van der Waals surface area (Å²) in [5, 5.41) is 0. The topological polar surface area (TPSA) is 63.7 Å². The molecule has 0 aromatic heterocycles. The summed E-state index contributed by atoms with van der Waals surface area (Å²) in [6.07, 6.45) is 4.58. The molecule has 1 rings (SSSR count). The van der Waals surface area contributed by atoms with Gasteiger partial charge in [0.2, 0.25) is 5.91 Å². The van der Waals surface area contributed by atoms with Crippen molar-refractivity contribution < 1.29 is 17.4 Å². The predicted molar refractivity (Wildman–Crippen MR) is 110 cm³/mol. The lowest BCUT2D eigenvalue weighted by molar-refractivity contribution is -0.133. The fourth-order valence-electron chi connectivity index (χ4n) is 3.23. The number of unbranched alkanes of at least 4 members (excludes halogenated alkanes) is 1. The molecule has 27 heavy (non-hydrogen) atoms. The van der Waals surface area contributed by atoms with Crippen molar-refractivity contribution in [2.75, 3.05) is 12.8 Å². The molecular formula is C21H35NO4S. The van der Waals surface area contributed by atoms with Gasteiger partial charge in [-0.1, -0.05) is 53.2 Å². The molecule has 0 fully saturated rings. The minimum absolute atomic E-state index is 0.177. The van der Waals surface area contributed by atoms with Crippen molar-refractivity contribution >= 4 is 16.0 Å². The van der Waals surface area contributed by atoms with Gasteiger partial charge in [-0.2, -0.15) is 8.42 Å². The molecule has 0 saturated heterocycles. The minimum Gasteiger partial charge on any atom is -0.383 e. The first kappa shape index (κ1) is 23.5. The molecule has 154 valence electrons. The average molecular weight is 398 g/mol. The number of carbonyl (C=O) groups excluding carboxylic acids is 1. The van der Waals surface area contributed by atoms with Crippen LogP contribution in [0.15, 0.2) is 24.3 Å². The molecule has 0 bridgehead atoms. The third kappa shape index (κ3) is 10.4. The Morgan fingerprint density at radius 3 is 2.26 bits per heavy atom. The number of amides is 1. The van der Waals surface area contributed by atoms with Gasteiger partial charge in [0.1, 0.15) is 5.75 Å². The smallest absolute Gasteiger partial charge is 0.306 e. The zero-order valence-electron chi connectivity index (χ0n) is 17.6. The van der Waals surface area contributed by atoms with Gasteiger partial charge < -0.3 is 9.08 Å². The summed E-state index contributed by atoms with van der Waals surface area (Å²) in [5.41, 5.74) is 1.17. The summed E-state index contributed by atoms with van der Waals surface area (Å²) in [7, 11) is -3.53. The van der Waals surface area contributed by atoms with E-state index in [9.17, 15) is 13.2 Å². The van der Waals surface area contributed by atoms with Gasteiger partial charge in [0.25, 0.3) is 0 Å². The van der Waals surface area contributed by atoms with Crippen LogP contribution in [-0.4, -0.2) is 32.0 Å². The Morgan fingerprint density at radius 1 is 1.19 bits per heavy atom. The molecule has 0 heterocycles. The van der Waals surface area contributed by atoms with E-state index >= 15 is 0 Å². The van der Waals surface area contributed by atoms with Gasteiger partial charge in [0, 0.05) is 19.5 Å². The third-order valence-electron chi connectivity index (χ3n) is 4.16. The van der Waals surface area contributed by atoms with Crippen LogP contribution in [0, 0.1) is 11.3 Å². The SMILES string of the molecule is CCCCN(Cc1ccc(OS(C)(=O)=O)cc1)C(=O)C[C@H](C)CC(C)(C)C. The quantitative estimate of drug-likeness (QED) is 0.541. The molecule has 1 atom stereocenters. The molecule has 1 aromatic carbocycles. The Balaban J connectivity index is 2.77. The largest absolute Gasteiger partial charge is 0.383 e. The number of rotatable bonds is 10. The lowest BCUT2D eigenvalue weighted by Crippen LogP contribution is -2.33. The fraction of sp³-hybridized carbons (Fsp3) is 0.667. The van der Waals surface area contributed by atoms with Crippen LogP contribution in [-0.2, 0) is 21.5 Å². The van der Waals surface area contributed by atoms with E-state index in [2.05, 4.69) is 34.6 Å². The molecule has 1 aromatic rings. The molecule has 0 aliphatic rings. The van der Waals surface area contributed by atoms with Gasteiger partial charge >= 0.3 is 10.1 Å². The van der Waals surface area contributed by atoms with Crippen LogP contribution < -0.4 is 4.18 Å². The third-order valence-corrected chi connectivity index (χ3v) is 4.66. The summed E-state index contributed by atoms with van der Waals surface area (Å²) in [4.78, 5) is 14.7. The van der Waals surface area contributed by atoms with Gasteiger partial charge in [-0.3, -0.25) is 4.79 Å². The van der Waals surface area contributed by atoms with Gasteiger partial charge in [-0.15, -0.1) is 0 Å². The number of carbonyl (C=O) groups is 1. The summed E-state index contributed by atoms with van der Waals surface area (Å²) in [6, 6.07) is 6.87. The zero-order valence-corrected chi connectivity index (χ0v) is 18.4. The highest BCUT2D eigenvalue weighted by Gasteiger charge is 2.21. The highest BCUT2D eigenvalue weighted by molar-refractivity contribution is 7.86. The maximum Gasteiger partial charge on any atom is 0.306 e. The molecular weight excluding hydrogens is 362 g/mol. The van der Waals surface area contributed by atoms with Crippen LogP contribution in [0.2, 0.25) is 0 Å². The zero-order chi connectivity index (χ0) is 20.7. The lowest BCUT2D eigenvalue weighted by Gasteiger charge is -2.27. The number of benzene rings is 1. The highest BCUT2D eigenvalue weighted by Crippen LogP contribution is 2.26. The van der Waals surface area contributed by atoms with E-state index in [1.165, 1.54) is 0 Å². The summed E-state index contributed by atoms with van der Waals surface area (Å²) < 4.78 is 27.3. The first-order valence-corrected chi connectivity index (χ1v) is 11.5. The Hall–Kier alpha value is -1.56. The lowest BCUT2D eigenvalue weighted by atomic mass is 9.84. The molecule has 0 radical (unpaired) electrons. The van der Waals surface area contributed by atoms with E-state index in [1.54, 1.807) is 12.1 Å². The van der Waals surface area contributed by atoms with Crippen molar-refractivity contribution in [1.82, 2.24) is 4.90 Å². The molecule has 6 heteroatoms. The Labute approximate surface area is 165 Å². The van der Waals surface area contributed by atoms with Crippen LogP contribution in [0.1, 0.15) is 65.9 Å². The van der Waals surface area contributed by atoms with Gasteiger partial charge in [-0.05, 0) is 41.9 Å². The van der Waals surface area contributed by atoms with Crippen molar-refractivity contribution in [2.24, 2.45) is 11.3 Å². The molecule has 0 aliphatic heterocycles. The van der Waals surface area contributed by atoms with Crippen LogP contribution >= 0.6 is 0 Å². The molecule has 5 nitrogen and oxygen atoms in total. The highest BCUT2D eigenvalue weighted by atomic mass is 32.2. The van der Waals surface area contributed by atoms with E-state index < -0.39 is 10.1 Å². The molecule has 0 aliphatic carbocycles. The van der Waals surface area contributed by atoms with E-state index in [0.29, 0.717) is 18.9 Å². The van der Waals surface area contributed by atoms with Crippen LogP contribution in [0.25, 0.3) is 0 Å². The van der Waals surface area contributed by atoms with Crippen LogP contribution in [0.4, 0.5) is 0 Å². The van der Waals surface area contributed by atoms with Gasteiger partial charge in [-0.25, -0.2) is 0 Å². The second kappa shape index (κ2) is 10.1. The van der Waals surface area contributed by atoms with Crippen LogP contribution in [0.5, 0.6) is 5.75 Å². The standard InChI is InChI=1S/C21H35NO4S/c1-7-8-13-22(20(23)14-17(2)15-21(3,4)5)16-18-9-11-19(12-10-18)26-27(6,24)25/h9-12,17H,7-8,13-16H2,1-6H3/t17-/m0/s1. The molecule has 0 unspecified atom stereocenters. The average Bonchev–Trinajstić information content (AvgIpc) is 2.49. The summed E-state index contributed by atoms with van der Waals surface area (Å²) in [6.45, 7) is 12.1. The monoisotopic (exact) mass is 397 g/mol. The molecule has 1 amide bonds. The number of nitrogens with zero attached hydrogens (tertiary/aromatic N) is 1. The van der Waals surface area contributed by atoms with Crippen molar-refractivity contribution in [2.45, 2.75) is 66.8 Å². The molecule has 0 N–H and O–H groups in total. The minimum atomic E-state index is -3.53. The number of hydrogen-bond donors (Lipinski definition) is 0. The predicted octanol–water partition coefficient (Wildman–Crippen LogP) is 4.62. The van der Waals surface area contributed by atoms with E-state index in [1.807, 2.05) is 17.0 Å². The van der Waals surface area contributed by atoms with E-state index in [4.69, 9.17) is 4.18 Å². The maximum atomic E-state index is 12.8. The number of hydrogen-bond acceptors (Lipinski definition) is 4.